The van der Waals surface area contributed by atoms with Gasteiger partial charge in [0.1, 0.15) is 23.2 Å². The van der Waals surface area contributed by atoms with Crippen molar-refractivity contribution in [3.05, 3.63) is 29.3 Å². The first kappa shape index (κ1) is 14.8. The SMILES string of the molecule is CC1CCCCC1N(C)c1c(F)cc(C(=N)N)cc1F. The topological polar surface area (TPSA) is 53.1 Å². The average molecular weight is 281 g/mol. The van der Waals surface area contributed by atoms with E-state index in [0.29, 0.717) is 5.92 Å². The molecular weight excluding hydrogens is 260 g/mol. The number of halogens is 2. The van der Waals surface area contributed by atoms with Crippen molar-refractivity contribution >= 4 is 11.5 Å². The largest absolute Gasteiger partial charge is 0.384 e. The van der Waals surface area contributed by atoms with E-state index < -0.39 is 11.6 Å². The van der Waals surface area contributed by atoms with Crippen LogP contribution in [-0.4, -0.2) is 18.9 Å². The van der Waals surface area contributed by atoms with Crippen molar-refractivity contribution in [3.63, 3.8) is 0 Å². The lowest BCUT2D eigenvalue weighted by atomic mass is 9.85. The fourth-order valence-electron chi connectivity index (χ4n) is 3.10. The maximum atomic E-state index is 14.2. The lowest BCUT2D eigenvalue weighted by Crippen LogP contribution is -2.40. The second-order valence-corrected chi connectivity index (χ2v) is 5.64. The van der Waals surface area contributed by atoms with Crippen LogP contribution in [0.25, 0.3) is 0 Å². The molecule has 1 saturated carbocycles. The van der Waals surface area contributed by atoms with Gasteiger partial charge in [-0.25, -0.2) is 8.78 Å². The van der Waals surface area contributed by atoms with Crippen LogP contribution in [0.4, 0.5) is 14.5 Å². The van der Waals surface area contributed by atoms with Crippen LogP contribution in [0.2, 0.25) is 0 Å². The van der Waals surface area contributed by atoms with Gasteiger partial charge in [-0.3, -0.25) is 5.41 Å². The Labute approximate surface area is 118 Å². The van der Waals surface area contributed by atoms with Crippen LogP contribution in [0, 0.1) is 23.0 Å². The summed E-state index contributed by atoms with van der Waals surface area (Å²) in [5, 5.41) is 7.27. The minimum Gasteiger partial charge on any atom is -0.384 e. The molecule has 2 unspecified atom stereocenters. The number of amidine groups is 1. The van der Waals surface area contributed by atoms with E-state index in [1.54, 1.807) is 11.9 Å². The summed E-state index contributed by atoms with van der Waals surface area (Å²) in [5.41, 5.74) is 5.34. The van der Waals surface area contributed by atoms with Gasteiger partial charge >= 0.3 is 0 Å². The van der Waals surface area contributed by atoms with Gasteiger partial charge in [-0.2, -0.15) is 0 Å². The van der Waals surface area contributed by atoms with Gasteiger partial charge in [0.05, 0.1) is 0 Å². The monoisotopic (exact) mass is 281 g/mol. The van der Waals surface area contributed by atoms with Crippen LogP contribution in [0.5, 0.6) is 0 Å². The van der Waals surface area contributed by atoms with Crippen LogP contribution < -0.4 is 10.6 Å². The Morgan fingerprint density at radius 3 is 2.30 bits per heavy atom. The summed E-state index contributed by atoms with van der Waals surface area (Å²) in [4.78, 5) is 1.71. The third kappa shape index (κ3) is 2.76. The maximum absolute atomic E-state index is 14.2. The van der Waals surface area contributed by atoms with E-state index in [4.69, 9.17) is 11.1 Å². The maximum Gasteiger partial charge on any atom is 0.150 e. The molecule has 0 radical (unpaired) electrons. The first-order valence-electron chi connectivity index (χ1n) is 6.98. The van der Waals surface area contributed by atoms with E-state index in [1.165, 1.54) is 6.42 Å². The lowest BCUT2D eigenvalue weighted by molar-refractivity contribution is 0.318. The summed E-state index contributed by atoms with van der Waals surface area (Å²) in [7, 11) is 1.74. The molecule has 20 heavy (non-hydrogen) atoms. The first-order chi connectivity index (χ1) is 9.41. The molecule has 2 rings (SSSR count). The summed E-state index contributed by atoms with van der Waals surface area (Å²) < 4.78 is 28.3. The van der Waals surface area contributed by atoms with Gasteiger partial charge in [0.25, 0.3) is 0 Å². The van der Waals surface area contributed by atoms with Gasteiger partial charge in [-0.15, -0.1) is 0 Å². The minimum atomic E-state index is -0.657. The number of anilines is 1. The molecule has 0 aromatic heterocycles. The zero-order valence-electron chi connectivity index (χ0n) is 11.9. The van der Waals surface area contributed by atoms with Gasteiger partial charge in [-0.05, 0) is 30.9 Å². The van der Waals surface area contributed by atoms with Gasteiger partial charge in [-0.1, -0.05) is 19.8 Å². The zero-order valence-corrected chi connectivity index (χ0v) is 11.9. The van der Waals surface area contributed by atoms with Gasteiger partial charge in [0.2, 0.25) is 0 Å². The molecule has 0 bridgehead atoms. The Hall–Kier alpha value is -1.65. The molecule has 0 saturated heterocycles. The molecule has 1 fully saturated rings. The molecule has 3 nitrogen and oxygen atoms in total. The molecule has 5 heteroatoms. The molecule has 1 aliphatic rings. The Kier molecular flexibility index (Phi) is 4.26. The third-order valence-corrected chi connectivity index (χ3v) is 4.24. The van der Waals surface area contributed by atoms with Crippen LogP contribution in [-0.2, 0) is 0 Å². The highest BCUT2D eigenvalue weighted by molar-refractivity contribution is 5.95. The molecule has 0 aliphatic heterocycles. The van der Waals surface area contributed by atoms with Crippen molar-refractivity contribution in [2.24, 2.45) is 11.7 Å². The molecule has 1 aliphatic carbocycles. The number of hydrogen-bond donors (Lipinski definition) is 2. The number of benzene rings is 1. The summed E-state index contributed by atoms with van der Waals surface area (Å²) in [6.07, 6.45) is 4.31. The van der Waals surface area contributed by atoms with Crippen LogP contribution >= 0.6 is 0 Å². The molecule has 0 heterocycles. The molecule has 110 valence electrons. The van der Waals surface area contributed by atoms with Crippen molar-refractivity contribution in [2.75, 3.05) is 11.9 Å². The van der Waals surface area contributed by atoms with E-state index in [0.717, 1.165) is 31.4 Å². The molecule has 0 spiro atoms. The van der Waals surface area contributed by atoms with Gasteiger partial charge < -0.3 is 10.6 Å². The summed E-state index contributed by atoms with van der Waals surface area (Å²) in [5.74, 6) is -1.23. The zero-order chi connectivity index (χ0) is 14.9. The third-order valence-electron chi connectivity index (χ3n) is 4.24. The number of hydrogen-bond acceptors (Lipinski definition) is 2. The van der Waals surface area contributed by atoms with Crippen molar-refractivity contribution in [3.8, 4) is 0 Å². The average Bonchev–Trinajstić information content (AvgIpc) is 2.38. The highest BCUT2D eigenvalue weighted by atomic mass is 19.1. The highest BCUT2D eigenvalue weighted by Gasteiger charge is 2.28. The van der Waals surface area contributed by atoms with Crippen molar-refractivity contribution in [1.29, 1.82) is 5.41 Å². The number of nitrogens with two attached hydrogens (primary N) is 1. The predicted molar refractivity (Wildman–Crippen MR) is 77.2 cm³/mol. The fourth-order valence-corrected chi connectivity index (χ4v) is 3.10. The summed E-state index contributed by atoms with van der Waals surface area (Å²) in [6.45, 7) is 2.13. The van der Waals surface area contributed by atoms with Crippen LogP contribution in [0.3, 0.4) is 0 Å². The molecule has 3 N–H and O–H groups in total. The second kappa shape index (κ2) is 5.77. The summed E-state index contributed by atoms with van der Waals surface area (Å²) in [6, 6.07) is 2.41. The quantitative estimate of drug-likeness (QED) is 0.660. The van der Waals surface area contributed by atoms with E-state index in [2.05, 4.69) is 6.92 Å². The lowest BCUT2D eigenvalue weighted by Gasteiger charge is -2.38. The fraction of sp³-hybridized carbons (Fsp3) is 0.533. The first-order valence-corrected chi connectivity index (χ1v) is 6.98. The highest BCUT2D eigenvalue weighted by Crippen LogP contribution is 2.33. The number of nitrogens with one attached hydrogen (secondary N) is 1. The van der Waals surface area contributed by atoms with Crippen molar-refractivity contribution in [2.45, 2.75) is 38.6 Å². The van der Waals surface area contributed by atoms with Crippen LogP contribution in [0.1, 0.15) is 38.2 Å². The molecule has 1 aromatic rings. The second-order valence-electron chi connectivity index (χ2n) is 5.64. The number of nitrogen functional groups attached to an aromatic ring is 1. The molecule has 0 amide bonds. The van der Waals surface area contributed by atoms with E-state index >= 15 is 0 Å². The Balaban J connectivity index is 2.34. The van der Waals surface area contributed by atoms with Gasteiger partial charge in [0, 0.05) is 18.7 Å². The number of nitrogens with zero attached hydrogens (tertiary/aromatic N) is 1. The minimum absolute atomic E-state index is 0.0197. The van der Waals surface area contributed by atoms with Gasteiger partial charge in [0.15, 0.2) is 0 Å². The Morgan fingerprint density at radius 1 is 1.25 bits per heavy atom. The van der Waals surface area contributed by atoms with E-state index in [9.17, 15) is 8.78 Å². The standard InChI is InChI=1S/C15H21F2N3/c1-9-5-3-4-6-13(9)20(2)14-11(16)7-10(15(18)19)8-12(14)17/h7-9,13H,3-6H2,1-2H3,(H3,18,19). The Morgan fingerprint density at radius 2 is 1.80 bits per heavy atom. The van der Waals surface area contributed by atoms with E-state index in [1.807, 2.05) is 0 Å². The van der Waals surface area contributed by atoms with Crippen LogP contribution in [0.15, 0.2) is 12.1 Å². The van der Waals surface area contributed by atoms with E-state index in [-0.39, 0.29) is 23.1 Å². The summed E-state index contributed by atoms with van der Waals surface area (Å²) >= 11 is 0. The predicted octanol–water partition coefficient (Wildman–Crippen LogP) is 3.26. The molecule has 2 atom stereocenters. The molecular formula is C15H21F2N3. The van der Waals surface area contributed by atoms with Crippen molar-refractivity contribution in [1.82, 2.24) is 0 Å². The number of rotatable bonds is 3. The normalized spacial score (nSPS) is 22.6. The molecule has 1 aromatic carbocycles. The Bertz CT molecular complexity index is 493. The van der Waals surface area contributed by atoms with Crippen molar-refractivity contribution < 1.29 is 8.78 Å². The smallest absolute Gasteiger partial charge is 0.150 e.